The number of anilines is 1. The summed E-state index contributed by atoms with van der Waals surface area (Å²) < 4.78 is 0. The Labute approximate surface area is 143 Å². The van der Waals surface area contributed by atoms with E-state index in [1.807, 2.05) is 25.1 Å². The molecule has 0 saturated carbocycles. The lowest BCUT2D eigenvalue weighted by atomic mass is 10.2. The van der Waals surface area contributed by atoms with Gasteiger partial charge in [-0.2, -0.15) is 0 Å². The molecule has 0 bridgehead atoms. The molecule has 1 aliphatic rings. The van der Waals surface area contributed by atoms with E-state index in [0.29, 0.717) is 13.0 Å². The number of rotatable bonds is 7. The summed E-state index contributed by atoms with van der Waals surface area (Å²) in [4.78, 5) is 16.4. The van der Waals surface area contributed by atoms with E-state index in [4.69, 9.17) is 17.3 Å². The highest BCUT2D eigenvalue weighted by atomic mass is 35.5. The lowest BCUT2D eigenvalue weighted by Gasteiger charge is -2.36. The van der Waals surface area contributed by atoms with Gasteiger partial charge in [0.2, 0.25) is 5.91 Å². The van der Waals surface area contributed by atoms with Crippen LogP contribution in [0.25, 0.3) is 0 Å². The summed E-state index contributed by atoms with van der Waals surface area (Å²) in [5, 5.41) is 3.75. The average Bonchev–Trinajstić information content (AvgIpc) is 2.53. The molecule has 1 atom stereocenters. The second-order valence-electron chi connectivity index (χ2n) is 6.17. The van der Waals surface area contributed by atoms with Crippen molar-refractivity contribution < 1.29 is 4.79 Å². The fourth-order valence-corrected chi connectivity index (χ4v) is 2.89. The van der Waals surface area contributed by atoms with Crippen LogP contribution in [0.1, 0.15) is 19.8 Å². The van der Waals surface area contributed by atoms with Gasteiger partial charge in [0, 0.05) is 62.4 Å². The Morgan fingerprint density at radius 3 is 2.74 bits per heavy atom. The van der Waals surface area contributed by atoms with Crippen molar-refractivity contribution in [3.63, 3.8) is 0 Å². The van der Waals surface area contributed by atoms with Crippen LogP contribution in [0.2, 0.25) is 5.02 Å². The molecule has 6 heteroatoms. The van der Waals surface area contributed by atoms with Crippen LogP contribution in [0.15, 0.2) is 24.3 Å². The Hall–Kier alpha value is -1.30. The summed E-state index contributed by atoms with van der Waals surface area (Å²) in [6.07, 6.45) is 1.25. The number of hydrogen-bond acceptors (Lipinski definition) is 4. The number of piperazine rings is 1. The number of nitrogens with two attached hydrogens (primary N) is 1. The van der Waals surface area contributed by atoms with Gasteiger partial charge in [0.25, 0.3) is 0 Å². The molecule has 1 aromatic carbocycles. The van der Waals surface area contributed by atoms with Crippen molar-refractivity contribution in [2.24, 2.45) is 5.73 Å². The topological polar surface area (TPSA) is 61.6 Å². The summed E-state index contributed by atoms with van der Waals surface area (Å²) in [5.41, 5.74) is 6.84. The second-order valence-corrected chi connectivity index (χ2v) is 6.61. The first-order valence-electron chi connectivity index (χ1n) is 8.30. The Morgan fingerprint density at radius 1 is 1.35 bits per heavy atom. The van der Waals surface area contributed by atoms with Crippen LogP contribution >= 0.6 is 11.6 Å². The number of nitrogens with zero attached hydrogens (tertiary/aromatic N) is 2. The Balaban J connectivity index is 1.64. The van der Waals surface area contributed by atoms with Gasteiger partial charge in [0.15, 0.2) is 0 Å². The Bertz CT molecular complexity index is 501. The van der Waals surface area contributed by atoms with Crippen molar-refractivity contribution in [3.05, 3.63) is 29.3 Å². The average molecular weight is 339 g/mol. The van der Waals surface area contributed by atoms with Gasteiger partial charge in [-0.15, -0.1) is 0 Å². The molecule has 1 aromatic rings. The number of carbonyl (C=O) groups is 1. The Morgan fingerprint density at radius 2 is 2.09 bits per heavy atom. The molecule has 1 saturated heterocycles. The number of nitrogens with one attached hydrogen (secondary N) is 1. The molecule has 3 N–H and O–H groups in total. The molecule has 1 fully saturated rings. The predicted octanol–water partition coefficient (Wildman–Crippen LogP) is 1.71. The van der Waals surface area contributed by atoms with Crippen LogP contribution in [0.4, 0.5) is 5.69 Å². The highest BCUT2D eigenvalue weighted by molar-refractivity contribution is 6.30. The largest absolute Gasteiger partial charge is 0.369 e. The zero-order valence-electron chi connectivity index (χ0n) is 13.8. The van der Waals surface area contributed by atoms with E-state index in [2.05, 4.69) is 21.2 Å². The number of carbonyl (C=O) groups excluding carboxylic acids is 1. The van der Waals surface area contributed by atoms with E-state index in [1.165, 1.54) is 5.69 Å². The number of hydrogen-bond donors (Lipinski definition) is 2. The second kappa shape index (κ2) is 9.11. The van der Waals surface area contributed by atoms with Gasteiger partial charge in [-0.25, -0.2) is 0 Å². The maximum absolute atomic E-state index is 11.7. The smallest absolute Gasteiger partial charge is 0.220 e. The third-order valence-electron chi connectivity index (χ3n) is 4.12. The minimum Gasteiger partial charge on any atom is -0.369 e. The van der Waals surface area contributed by atoms with Crippen LogP contribution < -0.4 is 16.0 Å². The molecule has 0 radical (unpaired) electrons. The van der Waals surface area contributed by atoms with Gasteiger partial charge in [-0.3, -0.25) is 9.69 Å². The Kier molecular flexibility index (Phi) is 7.15. The third kappa shape index (κ3) is 6.37. The van der Waals surface area contributed by atoms with Crippen LogP contribution in [0.5, 0.6) is 0 Å². The molecule has 0 aliphatic carbocycles. The van der Waals surface area contributed by atoms with E-state index in [9.17, 15) is 4.79 Å². The van der Waals surface area contributed by atoms with Gasteiger partial charge < -0.3 is 16.0 Å². The third-order valence-corrected chi connectivity index (χ3v) is 4.36. The summed E-state index contributed by atoms with van der Waals surface area (Å²) in [7, 11) is 0. The van der Waals surface area contributed by atoms with E-state index in [0.717, 1.165) is 44.2 Å². The van der Waals surface area contributed by atoms with Crippen LogP contribution in [-0.2, 0) is 4.79 Å². The van der Waals surface area contributed by atoms with E-state index in [-0.39, 0.29) is 11.9 Å². The fourth-order valence-electron chi connectivity index (χ4n) is 2.70. The zero-order chi connectivity index (χ0) is 16.7. The molecular weight excluding hydrogens is 312 g/mol. The lowest BCUT2D eigenvalue weighted by Crippen LogP contribution is -2.48. The first kappa shape index (κ1) is 18.0. The van der Waals surface area contributed by atoms with Crippen LogP contribution in [-0.4, -0.2) is 56.1 Å². The maximum Gasteiger partial charge on any atom is 0.220 e. The summed E-state index contributed by atoms with van der Waals surface area (Å²) in [6, 6.07) is 8.08. The first-order valence-corrected chi connectivity index (χ1v) is 8.67. The highest BCUT2D eigenvalue weighted by Gasteiger charge is 2.17. The monoisotopic (exact) mass is 338 g/mol. The minimum atomic E-state index is 0.0836. The summed E-state index contributed by atoms with van der Waals surface area (Å²) in [6.45, 7) is 7.50. The van der Waals surface area contributed by atoms with Crippen molar-refractivity contribution in [1.29, 1.82) is 0 Å². The summed E-state index contributed by atoms with van der Waals surface area (Å²) >= 11 is 6.05. The molecule has 5 nitrogen and oxygen atoms in total. The molecule has 0 aromatic heterocycles. The molecule has 2 rings (SSSR count). The van der Waals surface area contributed by atoms with Crippen molar-refractivity contribution in [2.75, 3.05) is 44.2 Å². The zero-order valence-corrected chi connectivity index (χ0v) is 14.6. The molecule has 1 aliphatic heterocycles. The van der Waals surface area contributed by atoms with Crippen molar-refractivity contribution >= 4 is 23.2 Å². The lowest BCUT2D eigenvalue weighted by molar-refractivity contribution is -0.121. The highest BCUT2D eigenvalue weighted by Crippen LogP contribution is 2.20. The van der Waals surface area contributed by atoms with Crippen LogP contribution in [0, 0.1) is 0 Å². The van der Waals surface area contributed by atoms with Crippen LogP contribution in [0.3, 0.4) is 0 Å². The maximum atomic E-state index is 11.7. The molecule has 1 heterocycles. The van der Waals surface area contributed by atoms with Crippen molar-refractivity contribution in [3.8, 4) is 0 Å². The molecule has 23 heavy (non-hydrogen) atoms. The van der Waals surface area contributed by atoms with Gasteiger partial charge in [0.05, 0.1) is 0 Å². The SMILES string of the molecule is CC(N)CCC(=O)NCCN1CCN(c2cccc(Cl)c2)CC1. The van der Waals surface area contributed by atoms with E-state index in [1.54, 1.807) is 0 Å². The summed E-state index contributed by atoms with van der Waals surface area (Å²) in [5.74, 6) is 0.0971. The van der Waals surface area contributed by atoms with Gasteiger partial charge in [-0.05, 0) is 31.5 Å². The molecular formula is C17H27ClN4O. The molecule has 1 unspecified atom stereocenters. The molecule has 0 spiro atoms. The van der Waals surface area contributed by atoms with Crippen molar-refractivity contribution in [2.45, 2.75) is 25.8 Å². The fraction of sp³-hybridized carbons (Fsp3) is 0.588. The number of halogens is 1. The molecule has 1 amide bonds. The first-order chi connectivity index (χ1) is 11.0. The van der Waals surface area contributed by atoms with Crippen molar-refractivity contribution in [1.82, 2.24) is 10.2 Å². The van der Waals surface area contributed by atoms with E-state index >= 15 is 0 Å². The molecule has 128 valence electrons. The van der Waals surface area contributed by atoms with Gasteiger partial charge in [0.1, 0.15) is 0 Å². The van der Waals surface area contributed by atoms with Gasteiger partial charge >= 0.3 is 0 Å². The van der Waals surface area contributed by atoms with Gasteiger partial charge in [-0.1, -0.05) is 17.7 Å². The predicted molar refractivity (Wildman–Crippen MR) is 96.0 cm³/mol. The quantitative estimate of drug-likeness (QED) is 0.794. The van der Waals surface area contributed by atoms with E-state index < -0.39 is 0 Å². The normalized spacial score (nSPS) is 17.1. The minimum absolute atomic E-state index is 0.0836. The number of amides is 1. The number of benzene rings is 1. The standard InChI is InChI=1S/C17H27ClN4O/c1-14(19)5-6-17(23)20-7-8-21-9-11-22(12-10-21)16-4-2-3-15(18)13-16/h2-4,13-14H,5-12,19H2,1H3,(H,20,23).